The summed E-state index contributed by atoms with van der Waals surface area (Å²) in [6.07, 6.45) is -2.66. The van der Waals surface area contributed by atoms with Crippen molar-refractivity contribution in [2.45, 2.75) is 38.3 Å². The van der Waals surface area contributed by atoms with E-state index in [1.807, 2.05) is 0 Å². The first kappa shape index (κ1) is 15.0. The Labute approximate surface area is 92.7 Å². The van der Waals surface area contributed by atoms with Gasteiger partial charge in [-0.15, -0.1) is 0 Å². The van der Waals surface area contributed by atoms with Gasteiger partial charge in [0.1, 0.15) is 5.84 Å². The molecule has 0 aromatic carbocycles. The number of nitrogens with zero attached hydrogens (tertiary/aromatic N) is 1. The smallest absolute Gasteiger partial charge is 0.389 e. The number of rotatable bonds is 8. The second-order valence-corrected chi connectivity index (χ2v) is 3.52. The Hall–Kier alpha value is -0.980. The third-order valence-electron chi connectivity index (χ3n) is 1.98. The number of alkyl halides is 3. The maximum Gasteiger partial charge on any atom is 0.389 e. The van der Waals surface area contributed by atoms with Gasteiger partial charge in [0, 0.05) is 12.8 Å². The molecule has 16 heavy (non-hydrogen) atoms. The van der Waals surface area contributed by atoms with Crippen LogP contribution in [0.4, 0.5) is 13.2 Å². The molecule has 0 rings (SSSR count). The first-order valence-electron chi connectivity index (χ1n) is 5.19. The van der Waals surface area contributed by atoms with Crippen LogP contribution in [0.1, 0.15) is 32.1 Å². The summed E-state index contributed by atoms with van der Waals surface area (Å²) in [5.74, 6) is 0.178. The molecular weight excluding hydrogens is 223 g/mol. The molecule has 0 unspecified atom stereocenters. The van der Waals surface area contributed by atoms with E-state index >= 15 is 0 Å². The molecule has 0 aliphatic carbocycles. The molecule has 7 heteroatoms. The average molecular weight is 241 g/mol. The largest absolute Gasteiger partial charge is 0.409 e. The fraction of sp³-hybridized carbons (Fsp3) is 0.889. The van der Waals surface area contributed by atoms with Gasteiger partial charge in [0.05, 0.1) is 0 Å². The number of hydrogen-bond donors (Lipinski definition) is 3. The summed E-state index contributed by atoms with van der Waals surface area (Å²) in [6, 6.07) is 0. The van der Waals surface area contributed by atoms with Crippen LogP contribution in [0.15, 0.2) is 5.16 Å². The van der Waals surface area contributed by atoms with Gasteiger partial charge in [-0.3, -0.25) is 0 Å². The summed E-state index contributed by atoms with van der Waals surface area (Å²) < 4.78 is 35.2. The van der Waals surface area contributed by atoms with Crippen LogP contribution in [0.2, 0.25) is 0 Å². The van der Waals surface area contributed by atoms with E-state index in [1.165, 1.54) is 0 Å². The number of nitrogens with two attached hydrogens (primary N) is 1. The summed E-state index contributed by atoms with van der Waals surface area (Å²) in [5, 5.41) is 13.9. The zero-order valence-corrected chi connectivity index (χ0v) is 9.06. The molecule has 96 valence electrons. The summed E-state index contributed by atoms with van der Waals surface area (Å²) >= 11 is 0. The number of amidine groups is 1. The van der Waals surface area contributed by atoms with E-state index in [0.29, 0.717) is 19.5 Å². The number of hydrogen-bond acceptors (Lipinski definition) is 3. The first-order valence-corrected chi connectivity index (χ1v) is 5.19. The van der Waals surface area contributed by atoms with Crippen LogP contribution in [0.5, 0.6) is 0 Å². The molecule has 0 atom stereocenters. The molecule has 0 radical (unpaired) electrons. The highest BCUT2D eigenvalue weighted by molar-refractivity contribution is 5.79. The van der Waals surface area contributed by atoms with Gasteiger partial charge >= 0.3 is 6.18 Å². The monoisotopic (exact) mass is 241 g/mol. The molecule has 0 aromatic heterocycles. The van der Waals surface area contributed by atoms with Crippen molar-refractivity contribution in [1.82, 2.24) is 5.32 Å². The van der Waals surface area contributed by atoms with Crippen LogP contribution >= 0.6 is 0 Å². The molecule has 0 saturated heterocycles. The predicted molar refractivity (Wildman–Crippen MR) is 55.4 cm³/mol. The second-order valence-electron chi connectivity index (χ2n) is 3.52. The van der Waals surface area contributed by atoms with Crippen LogP contribution in [-0.4, -0.2) is 30.3 Å². The molecule has 0 saturated carbocycles. The van der Waals surface area contributed by atoms with Gasteiger partial charge in [0.25, 0.3) is 0 Å². The lowest BCUT2D eigenvalue weighted by atomic mass is 10.2. The highest BCUT2D eigenvalue weighted by atomic mass is 19.4. The van der Waals surface area contributed by atoms with E-state index in [-0.39, 0.29) is 12.3 Å². The van der Waals surface area contributed by atoms with Gasteiger partial charge < -0.3 is 16.3 Å². The van der Waals surface area contributed by atoms with Gasteiger partial charge in [0.15, 0.2) is 0 Å². The third-order valence-corrected chi connectivity index (χ3v) is 1.98. The van der Waals surface area contributed by atoms with Crippen LogP contribution in [0, 0.1) is 0 Å². The zero-order chi connectivity index (χ0) is 12.4. The van der Waals surface area contributed by atoms with Gasteiger partial charge in [-0.25, -0.2) is 0 Å². The lowest BCUT2D eigenvalue weighted by Gasteiger charge is -2.07. The van der Waals surface area contributed by atoms with Crippen LogP contribution in [0.3, 0.4) is 0 Å². The minimum Gasteiger partial charge on any atom is -0.409 e. The molecule has 0 fully saturated rings. The first-order chi connectivity index (χ1) is 7.45. The fourth-order valence-corrected chi connectivity index (χ4v) is 1.14. The number of halogens is 3. The van der Waals surface area contributed by atoms with Crippen molar-refractivity contribution in [1.29, 1.82) is 0 Å². The minimum absolute atomic E-state index is 0.101. The molecular formula is C9H18F3N3O. The SMILES string of the molecule is NC(CCCCNCCCC(F)(F)F)=NO. The normalized spacial score (nSPS) is 13.1. The van der Waals surface area contributed by atoms with Crippen molar-refractivity contribution in [3.63, 3.8) is 0 Å². The highest BCUT2D eigenvalue weighted by Gasteiger charge is 2.25. The van der Waals surface area contributed by atoms with E-state index in [0.717, 1.165) is 12.8 Å². The number of unbranched alkanes of at least 4 members (excludes halogenated alkanes) is 1. The quantitative estimate of drug-likeness (QED) is 0.200. The van der Waals surface area contributed by atoms with E-state index in [1.54, 1.807) is 0 Å². The van der Waals surface area contributed by atoms with E-state index in [9.17, 15) is 13.2 Å². The van der Waals surface area contributed by atoms with Crippen LogP contribution in [-0.2, 0) is 0 Å². The number of nitrogens with one attached hydrogen (secondary N) is 1. The lowest BCUT2D eigenvalue weighted by Crippen LogP contribution is -2.19. The van der Waals surface area contributed by atoms with Gasteiger partial charge in [-0.05, 0) is 32.4 Å². The Morgan fingerprint density at radius 1 is 1.19 bits per heavy atom. The van der Waals surface area contributed by atoms with Crippen LogP contribution in [0.25, 0.3) is 0 Å². The van der Waals surface area contributed by atoms with Crippen molar-refractivity contribution in [2.24, 2.45) is 10.9 Å². The van der Waals surface area contributed by atoms with Crippen LogP contribution < -0.4 is 11.1 Å². The Morgan fingerprint density at radius 2 is 1.81 bits per heavy atom. The molecule has 0 bridgehead atoms. The highest BCUT2D eigenvalue weighted by Crippen LogP contribution is 2.20. The van der Waals surface area contributed by atoms with Gasteiger partial charge in [0.2, 0.25) is 0 Å². The molecule has 0 heterocycles. The van der Waals surface area contributed by atoms with Gasteiger partial charge in [-0.1, -0.05) is 5.16 Å². The molecule has 0 spiro atoms. The van der Waals surface area contributed by atoms with E-state index in [2.05, 4.69) is 10.5 Å². The summed E-state index contributed by atoms with van der Waals surface area (Å²) in [7, 11) is 0. The maximum absolute atomic E-state index is 11.7. The Morgan fingerprint density at radius 3 is 2.38 bits per heavy atom. The Bertz CT molecular complexity index is 207. The third kappa shape index (κ3) is 11.1. The van der Waals surface area contributed by atoms with Gasteiger partial charge in [-0.2, -0.15) is 13.2 Å². The standard InChI is InChI=1S/C9H18F3N3O/c10-9(11,12)5-3-7-14-6-2-1-4-8(13)15-16/h14,16H,1-7H2,(H2,13,15). The van der Waals surface area contributed by atoms with Crippen molar-refractivity contribution in [2.75, 3.05) is 13.1 Å². The molecule has 0 aromatic rings. The molecule has 0 aliphatic rings. The van der Waals surface area contributed by atoms with Crippen molar-refractivity contribution >= 4 is 5.84 Å². The molecule has 0 aliphatic heterocycles. The Balaban J connectivity index is 3.16. The summed E-state index contributed by atoms with van der Waals surface area (Å²) in [5.41, 5.74) is 5.24. The summed E-state index contributed by atoms with van der Waals surface area (Å²) in [4.78, 5) is 0. The average Bonchev–Trinajstić information content (AvgIpc) is 2.20. The van der Waals surface area contributed by atoms with Crippen molar-refractivity contribution in [3.8, 4) is 0 Å². The molecule has 0 amide bonds. The van der Waals surface area contributed by atoms with Crippen molar-refractivity contribution < 1.29 is 18.4 Å². The molecule has 4 nitrogen and oxygen atoms in total. The van der Waals surface area contributed by atoms with Crippen molar-refractivity contribution in [3.05, 3.63) is 0 Å². The topological polar surface area (TPSA) is 70.6 Å². The van der Waals surface area contributed by atoms with E-state index in [4.69, 9.17) is 10.9 Å². The fourth-order valence-electron chi connectivity index (χ4n) is 1.14. The molecule has 4 N–H and O–H groups in total. The lowest BCUT2D eigenvalue weighted by molar-refractivity contribution is -0.135. The predicted octanol–water partition coefficient (Wildman–Crippen LogP) is 1.84. The zero-order valence-electron chi connectivity index (χ0n) is 9.06. The maximum atomic E-state index is 11.7. The second kappa shape index (κ2) is 8.20. The Kier molecular flexibility index (Phi) is 7.70. The number of oxime groups is 1. The minimum atomic E-state index is -4.06. The van der Waals surface area contributed by atoms with E-state index < -0.39 is 12.6 Å². The summed E-state index contributed by atoms with van der Waals surface area (Å²) in [6.45, 7) is 1.01.